The summed E-state index contributed by atoms with van der Waals surface area (Å²) in [5, 5.41) is 16.5. The van der Waals surface area contributed by atoms with E-state index in [0.29, 0.717) is 23.1 Å². The molecule has 3 N–H and O–H groups in total. The number of halogens is 2. The lowest BCUT2D eigenvalue weighted by atomic mass is 9.84. The van der Waals surface area contributed by atoms with Crippen molar-refractivity contribution >= 4 is 39.0 Å². The number of rotatable bonds is 7. The first kappa shape index (κ1) is 32.3. The summed E-state index contributed by atoms with van der Waals surface area (Å²) in [5.74, 6) is -2.75. The average molecular weight is 669 g/mol. The number of likely N-dealkylation sites (N-methyl/N-ethyl adjacent to an activating group) is 1. The van der Waals surface area contributed by atoms with E-state index in [9.17, 15) is 26.8 Å². The molecule has 248 valence electrons. The first-order valence-electron chi connectivity index (χ1n) is 14.9. The highest BCUT2D eigenvalue weighted by Gasteiger charge is 2.41. The molecule has 2 aromatic heterocycles. The molecule has 0 bridgehead atoms. The average Bonchev–Trinajstić information content (AvgIpc) is 3.63. The molecule has 2 aliphatic rings. The lowest BCUT2D eigenvalue weighted by Gasteiger charge is -2.36. The molecule has 2 amide bonds. The van der Waals surface area contributed by atoms with E-state index in [0.717, 1.165) is 48.3 Å². The minimum Gasteiger partial charge on any atom is -0.369 e. The van der Waals surface area contributed by atoms with Crippen molar-refractivity contribution in [3.8, 4) is 0 Å². The Morgan fingerprint density at radius 2 is 1.66 bits per heavy atom. The highest BCUT2D eigenvalue weighted by Crippen LogP contribution is 2.38. The molecule has 4 heterocycles. The van der Waals surface area contributed by atoms with Gasteiger partial charge in [-0.15, -0.1) is 0 Å². The van der Waals surface area contributed by atoms with Gasteiger partial charge in [-0.2, -0.15) is 9.40 Å². The van der Waals surface area contributed by atoms with Crippen LogP contribution in [0.5, 0.6) is 0 Å². The smallest absolute Gasteiger partial charge is 0.260 e. The molecule has 1 saturated heterocycles. The van der Waals surface area contributed by atoms with Crippen LogP contribution in [-0.2, 0) is 22.0 Å². The Hall–Kier alpha value is -4.67. The lowest BCUT2D eigenvalue weighted by Crippen LogP contribution is -2.45. The maximum absolute atomic E-state index is 14.0. The lowest BCUT2D eigenvalue weighted by molar-refractivity contribution is 0.102. The number of nitrogens with one attached hydrogen (secondary N) is 3. The van der Waals surface area contributed by atoms with Crippen LogP contribution in [0, 0.1) is 18.6 Å². The first-order chi connectivity index (χ1) is 22.2. The van der Waals surface area contributed by atoms with Gasteiger partial charge in [0.05, 0.1) is 22.3 Å². The van der Waals surface area contributed by atoms with E-state index >= 15 is 0 Å². The van der Waals surface area contributed by atoms with Gasteiger partial charge < -0.3 is 25.0 Å². The molecule has 0 spiro atoms. The topological polar surface area (TPSA) is 157 Å². The van der Waals surface area contributed by atoms with Gasteiger partial charge in [-0.3, -0.25) is 14.7 Å². The van der Waals surface area contributed by atoms with Crippen LogP contribution in [0.4, 0.5) is 26.0 Å². The van der Waals surface area contributed by atoms with Gasteiger partial charge in [-0.1, -0.05) is 19.0 Å². The third kappa shape index (κ3) is 6.35. The summed E-state index contributed by atoms with van der Waals surface area (Å²) in [6, 6.07) is 7.27. The number of benzene rings is 2. The van der Waals surface area contributed by atoms with Gasteiger partial charge in [-0.05, 0) is 44.3 Å². The van der Waals surface area contributed by atoms with Crippen molar-refractivity contribution in [1.29, 1.82) is 0 Å². The number of sulfonamides is 1. The quantitative estimate of drug-likeness (QED) is 0.267. The number of piperazine rings is 1. The normalized spacial score (nSPS) is 16.9. The SMILES string of the molecule is Cc1oncc1C(=O)Nc1cc(N2CCN(C)CC2)ccc1C(=O)Nc1n[nH]c2c1CN(S(=O)(=O)c1cc(F)cc(F)c1)CC2(C)C. The van der Waals surface area contributed by atoms with Crippen LogP contribution in [0.15, 0.2) is 52.0 Å². The number of hydrogen-bond acceptors (Lipinski definition) is 9. The fourth-order valence-corrected chi connectivity index (χ4v) is 7.52. The zero-order valence-electron chi connectivity index (χ0n) is 26.2. The number of nitrogens with zero attached hydrogens (tertiary/aromatic N) is 5. The van der Waals surface area contributed by atoms with Crippen LogP contribution in [-0.4, -0.2) is 84.6 Å². The van der Waals surface area contributed by atoms with Crippen LogP contribution in [0.25, 0.3) is 0 Å². The number of aryl methyl sites for hydroxylation is 1. The van der Waals surface area contributed by atoms with E-state index in [4.69, 9.17) is 4.52 Å². The molecule has 1 fully saturated rings. The second-order valence-corrected chi connectivity index (χ2v) is 14.3. The fraction of sp³-hybridized carbons (Fsp3) is 0.355. The molecular formula is C31H34F2N8O5S. The predicted molar refractivity (Wildman–Crippen MR) is 169 cm³/mol. The first-order valence-corrected chi connectivity index (χ1v) is 16.3. The predicted octanol–water partition coefficient (Wildman–Crippen LogP) is 3.72. The van der Waals surface area contributed by atoms with Gasteiger partial charge in [-0.25, -0.2) is 17.2 Å². The van der Waals surface area contributed by atoms with Crippen LogP contribution >= 0.6 is 0 Å². The second-order valence-electron chi connectivity index (χ2n) is 12.4. The maximum atomic E-state index is 14.0. The molecule has 16 heteroatoms. The Labute approximate surface area is 269 Å². The largest absolute Gasteiger partial charge is 0.369 e. The van der Waals surface area contributed by atoms with E-state index in [1.807, 2.05) is 7.05 Å². The number of carbonyl (C=O) groups is 2. The number of amides is 2. The van der Waals surface area contributed by atoms with E-state index in [1.54, 1.807) is 39.0 Å². The molecule has 0 aliphatic carbocycles. The van der Waals surface area contributed by atoms with Crippen molar-refractivity contribution in [1.82, 2.24) is 24.6 Å². The Balaban J connectivity index is 1.31. The summed E-state index contributed by atoms with van der Waals surface area (Å²) in [6.07, 6.45) is 1.30. The van der Waals surface area contributed by atoms with E-state index in [1.165, 1.54) is 6.20 Å². The molecule has 0 radical (unpaired) electrons. The molecule has 0 saturated carbocycles. The molecule has 2 aliphatic heterocycles. The summed E-state index contributed by atoms with van der Waals surface area (Å²) < 4.78 is 61.1. The zero-order chi connectivity index (χ0) is 33.7. The summed E-state index contributed by atoms with van der Waals surface area (Å²) >= 11 is 0. The van der Waals surface area contributed by atoms with E-state index < -0.39 is 43.8 Å². The van der Waals surface area contributed by atoms with Crippen molar-refractivity contribution in [3.63, 3.8) is 0 Å². The number of aromatic amines is 1. The zero-order valence-corrected chi connectivity index (χ0v) is 27.0. The number of carbonyl (C=O) groups excluding carboxylic acids is 2. The van der Waals surface area contributed by atoms with Crippen LogP contribution in [0.2, 0.25) is 0 Å². The van der Waals surface area contributed by atoms with Gasteiger partial charge in [0.2, 0.25) is 10.0 Å². The highest BCUT2D eigenvalue weighted by atomic mass is 32.2. The number of aromatic nitrogens is 3. The Morgan fingerprint density at radius 3 is 2.32 bits per heavy atom. The van der Waals surface area contributed by atoms with Crippen LogP contribution < -0.4 is 15.5 Å². The third-order valence-corrected chi connectivity index (χ3v) is 10.3. The Morgan fingerprint density at radius 1 is 0.979 bits per heavy atom. The van der Waals surface area contributed by atoms with Crippen molar-refractivity contribution in [3.05, 3.63) is 82.4 Å². The number of H-pyrrole nitrogens is 1. The van der Waals surface area contributed by atoms with Gasteiger partial charge in [0.25, 0.3) is 11.8 Å². The van der Waals surface area contributed by atoms with Crippen LogP contribution in [0.1, 0.15) is 51.6 Å². The van der Waals surface area contributed by atoms with Crippen molar-refractivity contribution < 1.29 is 31.3 Å². The minimum atomic E-state index is -4.33. The molecular weight excluding hydrogens is 634 g/mol. The molecule has 4 aromatic rings. The summed E-state index contributed by atoms with van der Waals surface area (Å²) in [6.45, 7) is 8.19. The Kier molecular flexibility index (Phi) is 8.36. The molecule has 0 unspecified atom stereocenters. The maximum Gasteiger partial charge on any atom is 0.260 e. The van der Waals surface area contributed by atoms with Gasteiger partial charge in [0.15, 0.2) is 5.82 Å². The van der Waals surface area contributed by atoms with Gasteiger partial charge in [0.1, 0.15) is 23.0 Å². The monoisotopic (exact) mass is 668 g/mol. The third-order valence-electron chi connectivity index (χ3n) is 8.52. The van der Waals surface area contributed by atoms with Gasteiger partial charge >= 0.3 is 0 Å². The fourth-order valence-electron chi connectivity index (χ4n) is 5.91. The minimum absolute atomic E-state index is 0.0116. The van der Waals surface area contributed by atoms with Crippen molar-refractivity contribution in [2.24, 2.45) is 0 Å². The number of fused-ring (bicyclic) bond motifs is 1. The Bertz CT molecular complexity index is 1950. The molecule has 47 heavy (non-hydrogen) atoms. The van der Waals surface area contributed by atoms with E-state index in [2.05, 4.69) is 35.8 Å². The van der Waals surface area contributed by atoms with E-state index in [-0.39, 0.29) is 35.7 Å². The standard InChI is InChI=1S/C31H34F2N8O5S/c1-18-24(15-34-46-18)30(43)35-26-14-21(40-9-7-39(4)8-10-40)5-6-23(26)29(42)36-28-25-16-41(17-31(2,3)27(25)37-38-28)47(44,45)22-12-19(32)11-20(33)13-22/h5-6,11-15H,7-10,16-17H2,1-4H3,(H,35,43)(H2,36,37,38,42). The molecule has 6 rings (SSSR count). The highest BCUT2D eigenvalue weighted by molar-refractivity contribution is 7.89. The van der Waals surface area contributed by atoms with Crippen molar-refractivity contribution in [2.45, 2.75) is 37.6 Å². The second kappa shape index (κ2) is 12.2. The number of hydrogen-bond donors (Lipinski definition) is 3. The summed E-state index contributed by atoms with van der Waals surface area (Å²) in [7, 11) is -2.29. The van der Waals surface area contributed by atoms with Crippen molar-refractivity contribution in [2.75, 3.05) is 55.3 Å². The number of anilines is 3. The summed E-state index contributed by atoms with van der Waals surface area (Å²) in [4.78, 5) is 30.9. The molecule has 0 atom stereocenters. The summed E-state index contributed by atoms with van der Waals surface area (Å²) in [5.41, 5.74) is 1.61. The van der Waals surface area contributed by atoms with Crippen LogP contribution in [0.3, 0.4) is 0 Å². The molecule has 2 aromatic carbocycles. The molecule has 13 nitrogen and oxygen atoms in total. The van der Waals surface area contributed by atoms with Gasteiger partial charge in [0, 0.05) is 67.7 Å².